The van der Waals surface area contributed by atoms with Gasteiger partial charge in [-0.05, 0) is 43.3 Å². The summed E-state index contributed by atoms with van der Waals surface area (Å²) in [5, 5.41) is 1.08. The second-order valence-electron chi connectivity index (χ2n) is 6.84. The normalized spacial score (nSPS) is 15.7. The van der Waals surface area contributed by atoms with E-state index < -0.39 is 0 Å². The number of aryl methyl sites for hydroxylation is 1. The second-order valence-corrected chi connectivity index (χ2v) is 9.43. The van der Waals surface area contributed by atoms with Gasteiger partial charge in [-0.25, -0.2) is 0 Å². The van der Waals surface area contributed by atoms with E-state index in [0.29, 0.717) is 22.4 Å². The number of thioether (sulfide) groups is 1. The molecule has 0 N–H and O–H groups in total. The molecular formula is C22H19BrN2O2S2. The molecule has 1 amide bonds. The maximum Gasteiger partial charge on any atom is 0.265 e. The van der Waals surface area contributed by atoms with Crippen LogP contribution in [0.5, 0.6) is 5.75 Å². The number of ether oxygens (including phenoxy) is 1. The Balaban J connectivity index is 1.61. The third-order valence-electron chi connectivity index (χ3n) is 4.77. The summed E-state index contributed by atoms with van der Waals surface area (Å²) < 4.78 is 9.64. The molecular weight excluding hydrogens is 468 g/mol. The summed E-state index contributed by atoms with van der Waals surface area (Å²) in [4.78, 5) is 14.6. The second kappa shape index (κ2) is 8.34. The van der Waals surface area contributed by atoms with Gasteiger partial charge < -0.3 is 9.30 Å². The lowest BCUT2D eigenvalue weighted by Gasteiger charge is -2.08. The fourth-order valence-corrected chi connectivity index (χ4v) is 4.71. The molecule has 4 nitrogen and oxygen atoms in total. The SMILES string of the molecule is Cc1ccc(OCCn2cc(/C=C3\SC(=S)N(C)C3=O)c3cc(Br)ccc32)cc1. The highest BCUT2D eigenvalue weighted by Crippen LogP contribution is 2.34. The minimum Gasteiger partial charge on any atom is -0.492 e. The Morgan fingerprint density at radius 3 is 2.66 bits per heavy atom. The quantitative estimate of drug-likeness (QED) is 0.346. The van der Waals surface area contributed by atoms with Crippen LogP contribution in [0, 0.1) is 6.92 Å². The number of nitrogens with zero attached hydrogens (tertiary/aromatic N) is 2. The summed E-state index contributed by atoms with van der Waals surface area (Å²) >= 11 is 10.1. The number of carbonyl (C=O) groups excluding carboxylic acids is 1. The molecule has 1 aliphatic rings. The standard InChI is InChI=1S/C22H19BrN2O2S2/c1-14-3-6-17(7-4-14)27-10-9-25-13-15(18-12-16(23)5-8-19(18)25)11-20-21(26)24(2)22(28)29-20/h3-8,11-13H,9-10H2,1-2H3/b20-11-. The molecule has 0 atom stereocenters. The Morgan fingerprint density at radius 1 is 1.21 bits per heavy atom. The van der Waals surface area contributed by atoms with Crippen LogP contribution in [-0.2, 0) is 11.3 Å². The number of aromatic nitrogens is 1. The van der Waals surface area contributed by atoms with Gasteiger partial charge in [0.2, 0.25) is 0 Å². The Hall–Kier alpha value is -2.09. The van der Waals surface area contributed by atoms with Gasteiger partial charge in [-0.2, -0.15) is 0 Å². The molecule has 29 heavy (non-hydrogen) atoms. The molecule has 1 aromatic heterocycles. The van der Waals surface area contributed by atoms with Crippen molar-refractivity contribution in [3.05, 3.63) is 69.2 Å². The molecule has 1 saturated heterocycles. The van der Waals surface area contributed by atoms with Gasteiger partial charge in [0, 0.05) is 34.2 Å². The number of carbonyl (C=O) groups is 1. The smallest absolute Gasteiger partial charge is 0.265 e. The predicted octanol–water partition coefficient (Wildman–Crippen LogP) is 5.62. The van der Waals surface area contributed by atoms with E-state index in [4.69, 9.17) is 17.0 Å². The van der Waals surface area contributed by atoms with Crippen LogP contribution in [-0.4, -0.2) is 33.3 Å². The Labute approximate surface area is 187 Å². The summed E-state index contributed by atoms with van der Waals surface area (Å²) in [5.41, 5.74) is 3.30. The highest BCUT2D eigenvalue weighted by Gasteiger charge is 2.29. The lowest BCUT2D eigenvalue weighted by molar-refractivity contribution is -0.121. The Kier molecular flexibility index (Phi) is 5.81. The largest absolute Gasteiger partial charge is 0.492 e. The number of amides is 1. The molecule has 0 bridgehead atoms. The number of thiocarbonyl (C=S) groups is 1. The van der Waals surface area contributed by atoms with Crippen LogP contribution in [0.25, 0.3) is 17.0 Å². The highest BCUT2D eigenvalue weighted by molar-refractivity contribution is 9.10. The van der Waals surface area contributed by atoms with E-state index in [1.54, 1.807) is 7.05 Å². The molecule has 7 heteroatoms. The molecule has 2 heterocycles. The molecule has 0 aliphatic carbocycles. The van der Waals surface area contributed by atoms with E-state index >= 15 is 0 Å². The summed E-state index contributed by atoms with van der Waals surface area (Å²) in [6, 6.07) is 14.2. The zero-order valence-corrected chi connectivity index (χ0v) is 19.2. The minimum atomic E-state index is -0.0569. The predicted molar refractivity (Wildman–Crippen MR) is 127 cm³/mol. The molecule has 0 spiro atoms. The fraction of sp³-hybridized carbons (Fsp3) is 0.182. The van der Waals surface area contributed by atoms with E-state index in [2.05, 4.69) is 45.8 Å². The van der Waals surface area contributed by atoms with Gasteiger partial charge in [0.1, 0.15) is 16.7 Å². The minimum absolute atomic E-state index is 0.0569. The van der Waals surface area contributed by atoms with Crippen molar-refractivity contribution in [2.45, 2.75) is 13.5 Å². The first-order chi connectivity index (χ1) is 13.9. The maximum absolute atomic E-state index is 12.4. The van der Waals surface area contributed by atoms with Crippen molar-refractivity contribution in [3.63, 3.8) is 0 Å². The first kappa shape index (κ1) is 20.2. The van der Waals surface area contributed by atoms with Crippen molar-refractivity contribution in [1.29, 1.82) is 0 Å². The zero-order valence-electron chi connectivity index (χ0n) is 16.0. The van der Waals surface area contributed by atoms with E-state index in [-0.39, 0.29) is 5.91 Å². The molecule has 0 saturated carbocycles. The number of rotatable bonds is 5. The monoisotopic (exact) mass is 486 g/mol. The van der Waals surface area contributed by atoms with Gasteiger partial charge >= 0.3 is 0 Å². The molecule has 0 unspecified atom stereocenters. The first-order valence-electron chi connectivity index (χ1n) is 9.12. The highest BCUT2D eigenvalue weighted by atomic mass is 79.9. The van der Waals surface area contributed by atoms with Crippen molar-refractivity contribution < 1.29 is 9.53 Å². The van der Waals surface area contributed by atoms with Crippen LogP contribution in [0.4, 0.5) is 0 Å². The molecule has 1 fully saturated rings. The zero-order chi connectivity index (χ0) is 20.5. The number of benzene rings is 2. The van der Waals surface area contributed by atoms with Crippen LogP contribution in [0.1, 0.15) is 11.1 Å². The molecule has 148 valence electrons. The molecule has 4 rings (SSSR count). The molecule has 0 radical (unpaired) electrons. The molecule has 2 aromatic carbocycles. The van der Waals surface area contributed by atoms with Crippen molar-refractivity contribution in [2.24, 2.45) is 0 Å². The van der Waals surface area contributed by atoms with E-state index in [9.17, 15) is 4.79 Å². The topological polar surface area (TPSA) is 34.5 Å². The van der Waals surface area contributed by atoms with Crippen molar-refractivity contribution in [1.82, 2.24) is 9.47 Å². The average molecular weight is 487 g/mol. The average Bonchev–Trinajstić information content (AvgIpc) is 3.15. The van der Waals surface area contributed by atoms with Gasteiger partial charge in [0.15, 0.2) is 0 Å². The van der Waals surface area contributed by atoms with Crippen LogP contribution < -0.4 is 4.74 Å². The summed E-state index contributed by atoms with van der Waals surface area (Å²) in [6.07, 6.45) is 3.99. The first-order valence-corrected chi connectivity index (χ1v) is 11.1. The van der Waals surface area contributed by atoms with Gasteiger partial charge in [-0.1, -0.05) is 57.6 Å². The number of halogens is 1. The molecule has 3 aromatic rings. The third kappa shape index (κ3) is 4.27. The van der Waals surface area contributed by atoms with Gasteiger partial charge in [0.05, 0.1) is 11.4 Å². The Bertz CT molecular complexity index is 1140. The maximum atomic E-state index is 12.4. The van der Waals surface area contributed by atoms with Crippen LogP contribution in [0.3, 0.4) is 0 Å². The van der Waals surface area contributed by atoms with Crippen molar-refractivity contribution >= 4 is 67.1 Å². The van der Waals surface area contributed by atoms with Crippen LogP contribution in [0.15, 0.2) is 58.0 Å². The van der Waals surface area contributed by atoms with E-state index in [1.165, 1.54) is 22.2 Å². The number of hydrogen-bond donors (Lipinski definition) is 0. The fourth-order valence-electron chi connectivity index (χ4n) is 3.18. The summed E-state index contributed by atoms with van der Waals surface area (Å²) in [5.74, 6) is 0.806. The van der Waals surface area contributed by atoms with Gasteiger partial charge in [-0.15, -0.1) is 0 Å². The number of hydrogen-bond acceptors (Lipinski definition) is 4. The van der Waals surface area contributed by atoms with Gasteiger partial charge in [-0.3, -0.25) is 9.69 Å². The lowest BCUT2D eigenvalue weighted by Crippen LogP contribution is -2.22. The van der Waals surface area contributed by atoms with Gasteiger partial charge in [0.25, 0.3) is 5.91 Å². The van der Waals surface area contributed by atoms with Crippen LogP contribution in [0.2, 0.25) is 0 Å². The van der Waals surface area contributed by atoms with E-state index in [0.717, 1.165) is 26.7 Å². The number of likely N-dealkylation sites (N-methyl/N-ethyl adjacent to an activating group) is 1. The molecule has 1 aliphatic heterocycles. The summed E-state index contributed by atoms with van der Waals surface area (Å²) in [7, 11) is 1.71. The van der Waals surface area contributed by atoms with Crippen molar-refractivity contribution in [2.75, 3.05) is 13.7 Å². The Morgan fingerprint density at radius 2 is 1.97 bits per heavy atom. The third-order valence-corrected chi connectivity index (χ3v) is 6.75. The van der Waals surface area contributed by atoms with E-state index in [1.807, 2.05) is 36.4 Å². The summed E-state index contributed by atoms with van der Waals surface area (Å²) in [6.45, 7) is 3.32. The lowest BCUT2D eigenvalue weighted by atomic mass is 10.1. The van der Waals surface area contributed by atoms with Crippen LogP contribution >= 0.6 is 39.9 Å². The number of fused-ring (bicyclic) bond motifs is 1. The van der Waals surface area contributed by atoms with Crippen molar-refractivity contribution in [3.8, 4) is 5.75 Å².